The van der Waals surface area contributed by atoms with Crippen LogP contribution < -0.4 is 0 Å². The molecule has 1 aromatic rings. The minimum Gasteiger partial charge on any atom is -0.381 e. The number of aryl methyl sites for hydroxylation is 1. The summed E-state index contributed by atoms with van der Waals surface area (Å²) in [6.07, 6.45) is 22.6. The van der Waals surface area contributed by atoms with Crippen molar-refractivity contribution in [3.8, 4) is 0 Å². The number of benzene rings is 1. The molecule has 1 saturated heterocycles. The van der Waals surface area contributed by atoms with Crippen LogP contribution in [-0.4, -0.2) is 13.2 Å². The van der Waals surface area contributed by atoms with Crippen LogP contribution in [0.2, 0.25) is 0 Å². The van der Waals surface area contributed by atoms with E-state index in [-0.39, 0.29) is 46.9 Å². The van der Waals surface area contributed by atoms with E-state index in [1.54, 1.807) is 0 Å². The molecular formula is C21H25OYb-. The number of rotatable bonds is 0. The van der Waals surface area contributed by atoms with Gasteiger partial charge in [-0.15, -0.1) is 0 Å². The molecule has 0 spiro atoms. The van der Waals surface area contributed by atoms with Gasteiger partial charge in [0.1, 0.15) is 0 Å². The fraction of sp³-hybridized carbons (Fsp3) is 0.238. The largest absolute Gasteiger partial charge is 0.381 e. The summed E-state index contributed by atoms with van der Waals surface area (Å²) in [7, 11) is 0. The third-order valence-corrected chi connectivity index (χ3v) is 2.82. The van der Waals surface area contributed by atoms with E-state index in [0.717, 1.165) is 13.2 Å². The van der Waals surface area contributed by atoms with E-state index in [1.165, 1.54) is 18.4 Å². The molecule has 0 amide bonds. The van der Waals surface area contributed by atoms with Gasteiger partial charge in [-0.25, -0.2) is 0 Å². The van der Waals surface area contributed by atoms with Gasteiger partial charge in [0, 0.05) is 60.1 Å². The van der Waals surface area contributed by atoms with Gasteiger partial charge in [0.15, 0.2) is 0 Å². The van der Waals surface area contributed by atoms with Crippen molar-refractivity contribution < 1.29 is 51.7 Å². The van der Waals surface area contributed by atoms with Gasteiger partial charge < -0.3 is 4.74 Å². The Hall–Kier alpha value is 0.699. The normalized spacial score (nSPS) is 18.3. The summed E-state index contributed by atoms with van der Waals surface area (Å²) in [5.41, 5.74) is 1.29. The summed E-state index contributed by atoms with van der Waals surface area (Å²) in [6.45, 7) is 4.06. The first-order chi connectivity index (χ1) is 10.9. The van der Waals surface area contributed by atoms with Crippen LogP contribution in [0.1, 0.15) is 18.4 Å². The van der Waals surface area contributed by atoms with Crippen molar-refractivity contribution in [2.45, 2.75) is 19.8 Å². The van der Waals surface area contributed by atoms with E-state index in [0.29, 0.717) is 0 Å². The smallest absolute Gasteiger partial charge is 0.0466 e. The molecule has 0 bridgehead atoms. The Bertz CT molecular complexity index is 267. The molecule has 3 fully saturated rings. The third-order valence-electron chi connectivity index (χ3n) is 2.82. The van der Waals surface area contributed by atoms with Gasteiger partial charge in [0.2, 0.25) is 0 Å². The molecule has 0 unspecified atom stereocenters. The molecule has 3 aliphatic rings. The molecule has 23 heavy (non-hydrogen) atoms. The van der Waals surface area contributed by atoms with Gasteiger partial charge >= 0.3 is 0 Å². The Morgan fingerprint density at radius 1 is 0.696 bits per heavy atom. The van der Waals surface area contributed by atoms with Crippen LogP contribution in [0.3, 0.4) is 0 Å². The molecule has 0 N–H and O–H groups in total. The minimum atomic E-state index is 0. The SMILES string of the molecule is C1CCOC1.Cc1cc[c-]cc1.[CH]1[CH][CH][CH][CH]1.[CH]1[CH][CH][CH][CH]1.[Yb]. The van der Waals surface area contributed by atoms with Crippen molar-refractivity contribution in [2.75, 3.05) is 13.2 Å². The summed E-state index contributed by atoms with van der Waals surface area (Å²) >= 11 is 0. The van der Waals surface area contributed by atoms with Crippen LogP contribution in [0.25, 0.3) is 0 Å². The zero-order valence-corrected chi connectivity index (χ0v) is 15.3. The van der Waals surface area contributed by atoms with E-state index in [1.807, 2.05) is 88.5 Å². The summed E-state index contributed by atoms with van der Waals surface area (Å²) in [4.78, 5) is 0. The third kappa shape index (κ3) is 17.3. The standard InChI is InChI=1S/C7H7.2C5H5.C4H8O.Yb/c1-7-5-3-2-4-6-7;3*1-2-4-5-3-1;/h3-6H,1H3;2*1-5H;1-4H2;/q-1;;;;. The maximum atomic E-state index is 4.94. The maximum absolute atomic E-state index is 4.94. The first-order valence-corrected chi connectivity index (χ1v) is 7.73. The van der Waals surface area contributed by atoms with Gasteiger partial charge in [-0.1, -0.05) is 6.92 Å². The van der Waals surface area contributed by atoms with Gasteiger partial charge in [-0.3, -0.25) is 0 Å². The minimum absolute atomic E-state index is 0. The van der Waals surface area contributed by atoms with E-state index in [9.17, 15) is 0 Å². The van der Waals surface area contributed by atoms with Gasteiger partial charge in [-0.05, 0) is 77.0 Å². The van der Waals surface area contributed by atoms with Crippen molar-refractivity contribution in [1.29, 1.82) is 0 Å². The van der Waals surface area contributed by atoms with Crippen molar-refractivity contribution >= 4 is 0 Å². The molecule has 2 aliphatic carbocycles. The van der Waals surface area contributed by atoms with Crippen molar-refractivity contribution in [1.82, 2.24) is 0 Å². The summed E-state index contributed by atoms with van der Waals surface area (Å²) < 4.78 is 4.94. The predicted octanol–water partition coefficient (Wildman–Crippen LogP) is 4.63. The molecular weight excluding hydrogens is 441 g/mol. The number of hydrogen-bond acceptors (Lipinski definition) is 1. The second kappa shape index (κ2) is 19.0. The Balaban J connectivity index is 0.000000280. The first-order valence-electron chi connectivity index (χ1n) is 7.73. The van der Waals surface area contributed by atoms with E-state index in [2.05, 4.69) is 13.0 Å². The fourth-order valence-corrected chi connectivity index (χ4v) is 1.62. The van der Waals surface area contributed by atoms with Crippen LogP contribution in [0.5, 0.6) is 0 Å². The second-order valence-corrected chi connectivity index (χ2v) is 4.82. The summed E-state index contributed by atoms with van der Waals surface area (Å²) in [6, 6.07) is 10.8. The predicted molar refractivity (Wildman–Crippen MR) is 93.1 cm³/mol. The topological polar surface area (TPSA) is 9.23 Å². The van der Waals surface area contributed by atoms with Crippen molar-refractivity contribution in [3.63, 3.8) is 0 Å². The number of ether oxygens (including phenoxy) is 1. The quantitative estimate of drug-likeness (QED) is 0.507. The van der Waals surface area contributed by atoms with E-state index >= 15 is 0 Å². The molecule has 0 atom stereocenters. The Kier molecular flexibility index (Phi) is 19.6. The zero-order chi connectivity index (χ0) is 15.7. The van der Waals surface area contributed by atoms with E-state index in [4.69, 9.17) is 4.74 Å². The molecule has 1 heterocycles. The number of hydrogen-bond donors (Lipinski definition) is 0. The molecule has 2 saturated carbocycles. The van der Waals surface area contributed by atoms with Crippen molar-refractivity contribution in [3.05, 3.63) is 100 Å². The molecule has 1 aromatic carbocycles. The van der Waals surface area contributed by atoms with E-state index < -0.39 is 0 Å². The summed E-state index contributed by atoms with van der Waals surface area (Å²) in [5, 5.41) is 0. The molecule has 0 aromatic heterocycles. The van der Waals surface area contributed by atoms with Crippen molar-refractivity contribution in [2.24, 2.45) is 0 Å². The molecule has 2 heteroatoms. The van der Waals surface area contributed by atoms with Gasteiger partial charge in [-0.2, -0.15) is 35.9 Å². The van der Waals surface area contributed by atoms with Crippen LogP contribution in [0.15, 0.2) is 24.3 Å². The van der Waals surface area contributed by atoms with Gasteiger partial charge in [0.25, 0.3) is 0 Å². The monoisotopic (exact) mass is 467 g/mol. The van der Waals surface area contributed by atoms with Crippen LogP contribution in [-0.2, 0) is 4.74 Å². The van der Waals surface area contributed by atoms with Crippen LogP contribution in [0.4, 0.5) is 0 Å². The van der Waals surface area contributed by atoms with Crippen LogP contribution >= 0.6 is 0 Å². The zero-order valence-electron chi connectivity index (χ0n) is 13.6. The average molecular weight is 466 g/mol. The maximum Gasteiger partial charge on any atom is 0.0466 e. The molecule has 1 nitrogen and oxygen atoms in total. The average Bonchev–Trinajstić information content (AvgIpc) is 3.37. The Morgan fingerprint density at radius 2 is 1.04 bits per heavy atom. The molecule has 130 valence electrons. The fourth-order valence-electron chi connectivity index (χ4n) is 1.62. The molecule has 10 radical (unpaired) electrons. The first kappa shape index (κ1) is 23.7. The second-order valence-electron chi connectivity index (χ2n) is 4.82. The Morgan fingerprint density at radius 3 is 1.22 bits per heavy atom. The Labute approximate surface area is 183 Å². The molecule has 4 rings (SSSR count). The van der Waals surface area contributed by atoms with Gasteiger partial charge in [0.05, 0.1) is 0 Å². The molecule has 1 aliphatic heterocycles. The van der Waals surface area contributed by atoms with Crippen LogP contribution in [0, 0.1) is 124 Å². The summed E-state index contributed by atoms with van der Waals surface area (Å²) in [5.74, 6) is 0.